The SMILES string of the molecule is CC(C)(C)c1cc(Nc2ccc(N3N=CCC3CC3(O)CCN(C(=O)C4CC4)CC3)cc2)n[nH]1. The number of aliphatic hydroxyl groups is 1. The summed E-state index contributed by atoms with van der Waals surface area (Å²) >= 11 is 0. The van der Waals surface area contributed by atoms with E-state index in [0.29, 0.717) is 32.4 Å². The van der Waals surface area contributed by atoms with E-state index in [4.69, 9.17) is 0 Å². The van der Waals surface area contributed by atoms with E-state index in [0.717, 1.165) is 42.1 Å². The standard InChI is InChI=1S/C26H36N6O2/c1-25(2,3)22-16-23(30-29-22)28-19-6-8-20(9-7-19)32-21(10-13-27-32)17-26(34)11-14-31(15-12-26)24(33)18-4-5-18/h6-9,13,16,18,21,34H,4-5,10-12,14-15,17H2,1-3H3,(H2,28,29,30). The first-order valence-electron chi connectivity index (χ1n) is 12.5. The fourth-order valence-electron chi connectivity index (χ4n) is 4.89. The lowest BCUT2D eigenvalue weighted by Crippen LogP contribution is -2.49. The maximum atomic E-state index is 12.3. The summed E-state index contributed by atoms with van der Waals surface area (Å²) in [6.45, 7) is 7.77. The van der Waals surface area contributed by atoms with Crippen LogP contribution in [0, 0.1) is 5.92 Å². The molecule has 2 fully saturated rings. The monoisotopic (exact) mass is 464 g/mol. The molecule has 1 aromatic carbocycles. The van der Waals surface area contributed by atoms with Crippen molar-refractivity contribution in [2.45, 2.75) is 76.4 Å². The Morgan fingerprint density at radius 3 is 2.53 bits per heavy atom. The fraction of sp³-hybridized carbons (Fsp3) is 0.577. The molecule has 1 saturated carbocycles. The maximum absolute atomic E-state index is 12.3. The van der Waals surface area contributed by atoms with Gasteiger partial charge in [0.2, 0.25) is 5.91 Å². The van der Waals surface area contributed by atoms with Gasteiger partial charge >= 0.3 is 0 Å². The van der Waals surface area contributed by atoms with E-state index in [2.05, 4.69) is 53.5 Å². The van der Waals surface area contributed by atoms with Crippen LogP contribution in [-0.4, -0.2) is 57.1 Å². The largest absolute Gasteiger partial charge is 0.390 e. The first-order chi connectivity index (χ1) is 16.2. The van der Waals surface area contributed by atoms with Crippen LogP contribution in [0.25, 0.3) is 0 Å². The summed E-state index contributed by atoms with van der Waals surface area (Å²) in [5.74, 6) is 1.32. The Bertz CT molecular complexity index is 1040. The molecule has 8 heteroatoms. The van der Waals surface area contributed by atoms with E-state index in [-0.39, 0.29) is 23.3 Å². The number of anilines is 3. The van der Waals surface area contributed by atoms with Crippen LogP contribution in [0.4, 0.5) is 17.2 Å². The number of likely N-dealkylation sites (tertiary alicyclic amines) is 1. The van der Waals surface area contributed by atoms with E-state index >= 15 is 0 Å². The number of hydrazone groups is 1. The van der Waals surface area contributed by atoms with Gasteiger partial charge in [-0.25, -0.2) is 0 Å². The molecular formula is C26H36N6O2. The van der Waals surface area contributed by atoms with Gasteiger partial charge in [-0.15, -0.1) is 0 Å². The van der Waals surface area contributed by atoms with Gasteiger partial charge < -0.3 is 15.3 Å². The fourth-order valence-corrected chi connectivity index (χ4v) is 4.89. The average Bonchev–Trinajstić information content (AvgIpc) is 3.37. The molecule has 3 heterocycles. The van der Waals surface area contributed by atoms with Gasteiger partial charge in [-0.2, -0.15) is 10.2 Å². The molecule has 0 bridgehead atoms. The summed E-state index contributed by atoms with van der Waals surface area (Å²) in [4.78, 5) is 14.3. The van der Waals surface area contributed by atoms with Crippen LogP contribution in [-0.2, 0) is 10.2 Å². The molecule has 2 aromatic rings. The van der Waals surface area contributed by atoms with Gasteiger partial charge in [0.25, 0.3) is 0 Å². The summed E-state index contributed by atoms with van der Waals surface area (Å²) in [6.07, 6.45) is 6.74. The molecule has 34 heavy (non-hydrogen) atoms. The van der Waals surface area contributed by atoms with Gasteiger partial charge in [-0.1, -0.05) is 20.8 Å². The Morgan fingerprint density at radius 1 is 1.21 bits per heavy atom. The van der Waals surface area contributed by atoms with Gasteiger partial charge in [0.15, 0.2) is 5.82 Å². The number of nitrogens with zero attached hydrogens (tertiary/aromatic N) is 4. The highest BCUT2D eigenvalue weighted by Crippen LogP contribution is 2.36. The smallest absolute Gasteiger partial charge is 0.225 e. The number of nitrogens with one attached hydrogen (secondary N) is 2. The summed E-state index contributed by atoms with van der Waals surface area (Å²) < 4.78 is 0. The van der Waals surface area contributed by atoms with Crippen LogP contribution in [0.1, 0.15) is 65.0 Å². The average molecular weight is 465 g/mol. The number of amides is 1. The highest BCUT2D eigenvalue weighted by Gasteiger charge is 2.41. The van der Waals surface area contributed by atoms with Crippen LogP contribution in [0.5, 0.6) is 0 Å². The number of benzene rings is 1. The minimum absolute atomic E-state index is 0.0208. The second kappa shape index (κ2) is 8.73. The third-order valence-corrected chi connectivity index (χ3v) is 7.27. The summed E-state index contributed by atoms with van der Waals surface area (Å²) in [5, 5.41) is 28.7. The molecule has 8 nitrogen and oxygen atoms in total. The number of carbonyl (C=O) groups is 1. The maximum Gasteiger partial charge on any atom is 0.225 e. The van der Waals surface area contributed by atoms with Crippen molar-refractivity contribution in [2.75, 3.05) is 23.4 Å². The lowest BCUT2D eigenvalue weighted by Gasteiger charge is -2.40. The van der Waals surface area contributed by atoms with Crippen molar-refractivity contribution < 1.29 is 9.90 Å². The number of piperidine rings is 1. The second-order valence-electron chi connectivity index (χ2n) is 11.1. The zero-order chi connectivity index (χ0) is 23.9. The number of rotatable bonds is 6. The molecule has 0 radical (unpaired) electrons. The molecule has 3 N–H and O–H groups in total. The third kappa shape index (κ3) is 4.97. The lowest BCUT2D eigenvalue weighted by molar-refractivity contribution is -0.137. The molecular weight excluding hydrogens is 428 g/mol. The van der Waals surface area contributed by atoms with Crippen molar-refractivity contribution in [3.05, 3.63) is 36.0 Å². The zero-order valence-electron chi connectivity index (χ0n) is 20.4. The number of hydrogen-bond acceptors (Lipinski definition) is 6. The topological polar surface area (TPSA) is 96.8 Å². The first kappa shape index (κ1) is 22.9. The molecule has 1 amide bonds. The molecule has 1 saturated heterocycles. The Balaban J connectivity index is 1.19. The van der Waals surface area contributed by atoms with Crippen LogP contribution in [0.3, 0.4) is 0 Å². The Labute approximate surface area is 201 Å². The van der Waals surface area contributed by atoms with Gasteiger partial charge in [0, 0.05) is 54.5 Å². The van der Waals surface area contributed by atoms with E-state index in [1.54, 1.807) is 0 Å². The molecule has 182 valence electrons. The molecule has 1 aromatic heterocycles. The number of H-pyrrole nitrogens is 1. The van der Waals surface area contributed by atoms with Crippen LogP contribution in [0.2, 0.25) is 0 Å². The molecule has 5 rings (SSSR count). The van der Waals surface area contributed by atoms with E-state index in [1.807, 2.05) is 34.3 Å². The minimum Gasteiger partial charge on any atom is -0.390 e. The molecule has 2 aliphatic heterocycles. The summed E-state index contributed by atoms with van der Waals surface area (Å²) in [5.41, 5.74) is 2.32. The molecule has 1 atom stereocenters. The Kier molecular flexibility index (Phi) is 5.88. The molecule has 3 aliphatic rings. The van der Waals surface area contributed by atoms with Gasteiger partial charge in [0.1, 0.15) is 0 Å². The highest BCUT2D eigenvalue weighted by molar-refractivity contribution is 5.81. The number of hydrogen-bond donors (Lipinski definition) is 3. The quantitative estimate of drug-likeness (QED) is 0.596. The lowest BCUT2D eigenvalue weighted by atomic mass is 9.84. The minimum atomic E-state index is -0.747. The van der Waals surface area contributed by atoms with Gasteiger partial charge in [-0.05, 0) is 56.4 Å². The van der Waals surface area contributed by atoms with Crippen molar-refractivity contribution in [3.8, 4) is 0 Å². The van der Waals surface area contributed by atoms with Crippen molar-refractivity contribution >= 4 is 29.3 Å². The highest BCUT2D eigenvalue weighted by atomic mass is 16.3. The van der Waals surface area contributed by atoms with E-state index in [1.165, 1.54) is 0 Å². The summed E-state index contributed by atoms with van der Waals surface area (Å²) in [6, 6.07) is 10.3. The molecule has 0 spiro atoms. The second-order valence-corrected chi connectivity index (χ2v) is 11.1. The molecule has 1 unspecified atom stereocenters. The van der Waals surface area contributed by atoms with Gasteiger partial charge in [0.05, 0.1) is 17.3 Å². The van der Waals surface area contributed by atoms with Gasteiger partial charge in [-0.3, -0.25) is 14.9 Å². The number of aromatic amines is 1. The number of aromatic nitrogens is 2. The van der Waals surface area contributed by atoms with Crippen LogP contribution in [0.15, 0.2) is 35.4 Å². The van der Waals surface area contributed by atoms with Crippen molar-refractivity contribution in [2.24, 2.45) is 11.0 Å². The normalized spacial score (nSPS) is 22.3. The van der Waals surface area contributed by atoms with Crippen LogP contribution < -0.4 is 10.3 Å². The Hall–Kier alpha value is -2.87. The third-order valence-electron chi connectivity index (χ3n) is 7.27. The Morgan fingerprint density at radius 2 is 1.91 bits per heavy atom. The predicted octanol–water partition coefficient (Wildman–Crippen LogP) is 4.17. The number of carbonyl (C=O) groups excluding carboxylic acids is 1. The van der Waals surface area contributed by atoms with E-state index in [9.17, 15) is 9.90 Å². The van der Waals surface area contributed by atoms with Crippen LogP contribution >= 0.6 is 0 Å². The predicted molar refractivity (Wildman–Crippen MR) is 134 cm³/mol. The van der Waals surface area contributed by atoms with Crippen molar-refractivity contribution in [1.29, 1.82) is 0 Å². The zero-order valence-corrected chi connectivity index (χ0v) is 20.4. The van der Waals surface area contributed by atoms with Crippen molar-refractivity contribution in [1.82, 2.24) is 15.1 Å². The molecule has 1 aliphatic carbocycles. The van der Waals surface area contributed by atoms with Crippen molar-refractivity contribution in [3.63, 3.8) is 0 Å². The van der Waals surface area contributed by atoms with E-state index < -0.39 is 5.60 Å². The summed E-state index contributed by atoms with van der Waals surface area (Å²) in [7, 11) is 0. The first-order valence-corrected chi connectivity index (χ1v) is 12.5.